The lowest BCUT2D eigenvalue weighted by Gasteiger charge is -2.30. The van der Waals surface area contributed by atoms with Gasteiger partial charge in [-0.15, -0.1) is 9.93 Å². The molecule has 0 aliphatic carbocycles. The zero-order valence-corrected chi connectivity index (χ0v) is 20.4. The van der Waals surface area contributed by atoms with Crippen LogP contribution in [0.25, 0.3) is 5.69 Å². The van der Waals surface area contributed by atoms with Gasteiger partial charge in [0.15, 0.2) is 0 Å². The fraction of sp³-hybridized carbons (Fsp3) is 0.364. The molecule has 0 bridgehead atoms. The normalized spacial score (nSPS) is 14.8. The van der Waals surface area contributed by atoms with Gasteiger partial charge in [-0.1, -0.05) is 12.1 Å². The summed E-state index contributed by atoms with van der Waals surface area (Å²) in [4.78, 5) is 26.8. The molecule has 1 aliphatic heterocycles. The number of aryl methyl sites for hydroxylation is 1. The van der Waals surface area contributed by atoms with Gasteiger partial charge in [-0.3, -0.25) is 19.7 Å². The first-order valence-electron chi connectivity index (χ1n) is 10.8. The Labute approximate surface area is 203 Å². The van der Waals surface area contributed by atoms with Crippen LogP contribution in [0.3, 0.4) is 0 Å². The Balaban J connectivity index is 1.31. The van der Waals surface area contributed by atoms with Crippen molar-refractivity contribution in [3.05, 3.63) is 70.4 Å². The molecule has 181 valence electrons. The molecule has 10 nitrogen and oxygen atoms in total. The zero-order chi connectivity index (χ0) is 23.9. The number of aromatic nitrogens is 4. The Hall–Kier alpha value is -2.80. The summed E-state index contributed by atoms with van der Waals surface area (Å²) in [6.07, 6.45) is 4.91. The minimum Gasteiger partial charge on any atom is -0.448 e. The number of rotatable bonds is 8. The molecule has 1 radical (unpaired) electrons. The van der Waals surface area contributed by atoms with E-state index in [2.05, 4.69) is 20.4 Å². The predicted molar refractivity (Wildman–Crippen MR) is 135 cm³/mol. The van der Waals surface area contributed by atoms with Gasteiger partial charge in [0.1, 0.15) is 18.0 Å². The van der Waals surface area contributed by atoms with E-state index >= 15 is 0 Å². The molecule has 0 saturated carbocycles. The van der Waals surface area contributed by atoms with E-state index in [-0.39, 0.29) is 15.4 Å². The number of amides is 1. The predicted octanol–water partition coefficient (Wildman–Crippen LogP) is 2.81. The molecule has 0 spiro atoms. The molecule has 4 rings (SSSR count). The van der Waals surface area contributed by atoms with Gasteiger partial charge in [0.05, 0.1) is 12.4 Å². The molecule has 12 heteroatoms. The van der Waals surface area contributed by atoms with Crippen LogP contribution in [0.5, 0.6) is 0 Å². The summed E-state index contributed by atoms with van der Waals surface area (Å²) in [7, 11) is 1.86. The zero-order valence-electron chi connectivity index (χ0n) is 18.8. The number of benzene rings is 1. The number of hydrogen-bond donors (Lipinski definition) is 2. The van der Waals surface area contributed by atoms with Crippen LogP contribution >= 0.6 is 21.0 Å². The highest BCUT2D eigenvalue weighted by molar-refractivity contribution is 8.83. The van der Waals surface area contributed by atoms with Gasteiger partial charge in [0.25, 0.3) is 0 Å². The molecule has 0 unspecified atom stereocenters. The lowest BCUT2D eigenvalue weighted by atomic mass is 10.1. The highest BCUT2D eigenvalue weighted by Crippen LogP contribution is 2.39. The summed E-state index contributed by atoms with van der Waals surface area (Å²) in [5, 5.41) is 11.3. The van der Waals surface area contributed by atoms with Crippen molar-refractivity contribution in [2.45, 2.75) is 6.42 Å². The summed E-state index contributed by atoms with van der Waals surface area (Å²) in [6, 6.07) is 8.77. The van der Waals surface area contributed by atoms with Crippen LogP contribution in [0.15, 0.2) is 53.7 Å². The monoisotopic (exact) mass is 503 g/mol. The van der Waals surface area contributed by atoms with E-state index in [0.29, 0.717) is 31.0 Å². The molecule has 34 heavy (non-hydrogen) atoms. The summed E-state index contributed by atoms with van der Waals surface area (Å²) in [5.74, 6) is 1.92. The second kappa shape index (κ2) is 11.6. The minimum absolute atomic E-state index is 0.0391. The Morgan fingerprint density at radius 1 is 1.29 bits per heavy atom. The number of anilines is 1. The van der Waals surface area contributed by atoms with Crippen molar-refractivity contribution in [2.75, 3.05) is 43.1 Å². The maximum absolute atomic E-state index is 12.4. The largest absolute Gasteiger partial charge is 0.448 e. The van der Waals surface area contributed by atoms with Crippen molar-refractivity contribution in [1.82, 2.24) is 24.5 Å². The third-order valence-corrected chi connectivity index (χ3v) is 8.52. The number of ether oxygens (including phenoxy) is 1. The minimum atomic E-state index is -0.517. The molecule has 1 aliphatic rings. The van der Waals surface area contributed by atoms with Crippen molar-refractivity contribution < 1.29 is 14.1 Å². The number of carbonyl (C=O) groups is 1. The van der Waals surface area contributed by atoms with Gasteiger partial charge in [-0.2, -0.15) is 10.2 Å². The van der Waals surface area contributed by atoms with Gasteiger partial charge in [0.2, 0.25) is 5.43 Å². The second-order valence-corrected chi connectivity index (χ2v) is 11.6. The van der Waals surface area contributed by atoms with Crippen molar-refractivity contribution in [2.24, 2.45) is 7.05 Å². The summed E-state index contributed by atoms with van der Waals surface area (Å²) in [5.41, 5.74) is 2.44. The van der Waals surface area contributed by atoms with Crippen LogP contribution in [0, 0.1) is 0 Å². The molecule has 0 atom stereocenters. The van der Waals surface area contributed by atoms with Crippen molar-refractivity contribution >= 4 is 32.8 Å². The van der Waals surface area contributed by atoms with E-state index in [1.54, 1.807) is 27.8 Å². The average Bonchev–Trinajstić information content (AvgIpc) is 3.27. The topological polar surface area (TPSA) is 115 Å². The summed E-state index contributed by atoms with van der Waals surface area (Å²) < 4.78 is 17.8. The fourth-order valence-corrected chi connectivity index (χ4v) is 5.76. The number of hydrogen-bond acceptors (Lipinski definition) is 8. The van der Waals surface area contributed by atoms with Gasteiger partial charge in [0, 0.05) is 73.6 Å². The average molecular weight is 504 g/mol. The van der Waals surface area contributed by atoms with Crippen LogP contribution < -0.4 is 10.7 Å². The first kappa shape index (κ1) is 24.3. The first-order valence-corrected chi connectivity index (χ1v) is 13.7. The van der Waals surface area contributed by atoms with Crippen molar-refractivity contribution in [3.8, 4) is 5.69 Å². The molecular weight excluding hydrogens is 476 g/mol. The molecule has 2 aromatic heterocycles. The van der Waals surface area contributed by atoms with Crippen LogP contribution in [0.4, 0.5) is 10.5 Å². The maximum atomic E-state index is 12.4. The Morgan fingerprint density at radius 3 is 2.85 bits per heavy atom. The molecular formula is C22H27N6O4S2. The lowest BCUT2D eigenvalue weighted by molar-refractivity contribution is 0.142. The number of nitrogens with one attached hydrogen (secondary N) is 1. The molecule has 3 heterocycles. The van der Waals surface area contributed by atoms with Crippen LogP contribution in [-0.4, -0.2) is 72.9 Å². The SMILES string of the molecule is Cn1cc(-n2ccc(=O)c(Cc3cccc(NC(=O)OCCN4CC[S](SO)CC4)c3)n2)cn1. The van der Waals surface area contributed by atoms with Gasteiger partial charge in [-0.05, 0) is 17.7 Å². The van der Waals surface area contributed by atoms with Crippen LogP contribution in [-0.2, 0) is 18.2 Å². The number of nitrogens with zero attached hydrogens (tertiary/aromatic N) is 5. The van der Waals surface area contributed by atoms with E-state index in [9.17, 15) is 9.59 Å². The highest BCUT2D eigenvalue weighted by atomic mass is 33.1. The molecule has 3 aromatic rings. The Bertz CT molecular complexity index is 1180. The first-order chi connectivity index (χ1) is 16.5. The highest BCUT2D eigenvalue weighted by Gasteiger charge is 2.18. The third-order valence-electron chi connectivity index (χ3n) is 5.40. The van der Waals surface area contributed by atoms with Crippen molar-refractivity contribution in [1.29, 1.82) is 0 Å². The van der Waals surface area contributed by atoms with E-state index < -0.39 is 6.09 Å². The Morgan fingerprint density at radius 2 is 2.12 bits per heavy atom. The standard InChI is InChI=1S/C22H27N6O4S2/c1-26-16-19(15-23-26)28-6-5-21(29)20(25-28)14-17-3-2-4-18(13-17)24-22(30)32-10-7-27-8-11-34(33-31)12-9-27/h2-6,13,15-16,31H,7-12,14H2,1H3,(H,24,30). The Kier molecular flexibility index (Phi) is 8.27. The van der Waals surface area contributed by atoms with Crippen LogP contribution in [0.2, 0.25) is 0 Å². The van der Waals surface area contributed by atoms with Crippen molar-refractivity contribution in [3.63, 3.8) is 0 Å². The molecule has 2 N–H and O–H groups in total. The molecule has 1 saturated heterocycles. The summed E-state index contributed by atoms with van der Waals surface area (Å²) in [6.45, 7) is 2.77. The fourth-order valence-electron chi connectivity index (χ4n) is 3.59. The van der Waals surface area contributed by atoms with Crippen LogP contribution in [0.1, 0.15) is 11.3 Å². The van der Waals surface area contributed by atoms with Gasteiger partial charge in [-0.25, -0.2) is 9.48 Å². The second-order valence-electron chi connectivity index (χ2n) is 7.85. The number of carbonyl (C=O) groups excluding carboxylic acids is 1. The molecule has 1 amide bonds. The lowest BCUT2D eigenvalue weighted by Crippen LogP contribution is -2.37. The quantitative estimate of drug-likeness (QED) is 0.356. The third kappa shape index (κ3) is 6.63. The summed E-state index contributed by atoms with van der Waals surface area (Å²) >= 11 is 0.960. The van der Waals surface area contributed by atoms with E-state index in [1.165, 1.54) is 6.07 Å². The molecule has 1 fully saturated rings. The van der Waals surface area contributed by atoms with Gasteiger partial charge >= 0.3 is 6.09 Å². The molecule has 1 aromatic carbocycles. The van der Waals surface area contributed by atoms with E-state index in [4.69, 9.17) is 9.29 Å². The maximum Gasteiger partial charge on any atom is 0.411 e. The smallest absolute Gasteiger partial charge is 0.411 e. The van der Waals surface area contributed by atoms with E-state index in [1.807, 2.05) is 31.4 Å². The van der Waals surface area contributed by atoms with Gasteiger partial charge < -0.3 is 9.29 Å². The van der Waals surface area contributed by atoms with E-state index in [0.717, 1.165) is 46.9 Å².